The molecule has 1 fully saturated rings. The van der Waals surface area contributed by atoms with Crippen molar-refractivity contribution in [3.8, 4) is 0 Å². The molecule has 0 spiro atoms. The minimum absolute atomic E-state index is 0.308. The van der Waals surface area contributed by atoms with Gasteiger partial charge in [0.2, 0.25) is 0 Å². The lowest BCUT2D eigenvalue weighted by Crippen LogP contribution is -2.49. The zero-order valence-corrected chi connectivity index (χ0v) is 18.3. The van der Waals surface area contributed by atoms with Crippen molar-refractivity contribution in [2.24, 2.45) is 0 Å². The van der Waals surface area contributed by atoms with E-state index in [-0.39, 0.29) is 12.0 Å². The van der Waals surface area contributed by atoms with E-state index in [0.717, 1.165) is 18.7 Å². The number of amides is 2. The molecule has 2 aromatic heterocycles. The number of ether oxygens (including phenoxy) is 1. The lowest BCUT2D eigenvalue weighted by molar-refractivity contribution is 0.0225. The largest absolute Gasteiger partial charge is 0.444 e. The topological polar surface area (TPSA) is 87.7 Å². The predicted molar refractivity (Wildman–Crippen MR) is 112 cm³/mol. The molecule has 0 aliphatic carbocycles. The van der Waals surface area contributed by atoms with Crippen molar-refractivity contribution in [1.29, 1.82) is 0 Å². The van der Waals surface area contributed by atoms with Crippen molar-refractivity contribution in [1.82, 2.24) is 14.9 Å². The van der Waals surface area contributed by atoms with Crippen LogP contribution in [0.4, 0.5) is 16.2 Å². The van der Waals surface area contributed by atoms with Crippen LogP contribution < -0.4 is 10.2 Å². The van der Waals surface area contributed by atoms with E-state index in [0.29, 0.717) is 28.5 Å². The molecule has 0 radical (unpaired) electrons. The van der Waals surface area contributed by atoms with E-state index >= 15 is 0 Å². The van der Waals surface area contributed by atoms with E-state index in [2.05, 4.69) is 31.2 Å². The normalized spacial score (nSPS) is 14.7. The van der Waals surface area contributed by atoms with Gasteiger partial charge in [0.15, 0.2) is 3.92 Å². The van der Waals surface area contributed by atoms with Crippen molar-refractivity contribution < 1.29 is 14.3 Å². The highest BCUT2D eigenvalue weighted by atomic mass is 79.9. The molecule has 3 heterocycles. The van der Waals surface area contributed by atoms with Gasteiger partial charge < -0.3 is 15.0 Å². The van der Waals surface area contributed by atoms with Gasteiger partial charge in [-0.3, -0.25) is 14.7 Å². The zero-order valence-electron chi connectivity index (χ0n) is 15.9. The Labute approximate surface area is 176 Å². The summed E-state index contributed by atoms with van der Waals surface area (Å²) in [5.74, 6) is -0.308. The highest BCUT2D eigenvalue weighted by Gasteiger charge is 2.27. The first kappa shape index (κ1) is 20.5. The van der Waals surface area contributed by atoms with Crippen LogP contribution in [-0.2, 0) is 4.74 Å². The maximum atomic E-state index is 12.5. The molecule has 2 amide bonds. The molecule has 150 valence electrons. The van der Waals surface area contributed by atoms with E-state index in [1.807, 2.05) is 31.7 Å². The number of carbonyl (C=O) groups is 2. The summed E-state index contributed by atoms with van der Waals surface area (Å²) in [6.07, 6.45) is 3.72. The highest BCUT2D eigenvalue weighted by Crippen LogP contribution is 2.28. The van der Waals surface area contributed by atoms with Crippen molar-refractivity contribution in [2.45, 2.75) is 32.8 Å². The third-order valence-corrected chi connectivity index (χ3v) is 5.31. The van der Waals surface area contributed by atoms with Crippen LogP contribution in [0.1, 0.15) is 37.7 Å². The van der Waals surface area contributed by atoms with E-state index in [1.54, 1.807) is 22.7 Å². The van der Waals surface area contributed by atoms with Gasteiger partial charge >= 0.3 is 6.09 Å². The van der Waals surface area contributed by atoms with Gasteiger partial charge in [0.05, 0.1) is 24.2 Å². The highest BCUT2D eigenvalue weighted by molar-refractivity contribution is 9.11. The van der Waals surface area contributed by atoms with Crippen molar-refractivity contribution >= 4 is 50.6 Å². The van der Waals surface area contributed by atoms with Crippen LogP contribution >= 0.6 is 27.3 Å². The number of nitrogens with zero attached hydrogens (tertiary/aromatic N) is 4. The van der Waals surface area contributed by atoms with Crippen LogP contribution in [0, 0.1) is 0 Å². The van der Waals surface area contributed by atoms with Gasteiger partial charge in [-0.1, -0.05) is 0 Å². The Kier molecular flexibility index (Phi) is 6.19. The van der Waals surface area contributed by atoms with Crippen LogP contribution in [-0.4, -0.2) is 52.2 Å². The second kappa shape index (κ2) is 8.44. The Balaban J connectivity index is 1.74. The van der Waals surface area contributed by atoms with E-state index in [1.165, 1.54) is 11.3 Å². The number of pyridine rings is 1. The van der Waals surface area contributed by atoms with Gasteiger partial charge in [-0.25, -0.2) is 9.78 Å². The zero-order chi connectivity index (χ0) is 20.3. The Morgan fingerprint density at radius 1 is 1.32 bits per heavy atom. The molecule has 8 nitrogen and oxygen atoms in total. The number of rotatable bonds is 3. The lowest BCUT2D eigenvalue weighted by atomic mass is 10.2. The molecule has 2 aromatic rings. The molecule has 28 heavy (non-hydrogen) atoms. The third kappa shape index (κ3) is 5.20. The van der Waals surface area contributed by atoms with E-state index < -0.39 is 5.60 Å². The summed E-state index contributed by atoms with van der Waals surface area (Å²) >= 11 is 4.61. The molecule has 1 aliphatic heterocycles. The maximum Gasteiger partial charge on any atom is 0.411 e. The summed E-state index contributed by atoms with van der Waals surface area (Å²) in [4.78, 5) is 36.9. The molecular weight excluding hydrogens is 446 g/mol. The minimum atomic E-state index is -0.545. The molecule has 1 N–H and O–H groups in total. The van der Waals surface area contributed by atoms with Gasteiger partial charge in [0.1, 0.15) is 11.3 Å². The molecular formula is C18H22BrN5O3S. The fourth-order valence-electron chi connectivity index (χ4n) is 2.77. The summed E-state index contributed by atoms with van der Waals surface area (Å²) in [6.45, 7) is 7.31. The fraction of sp³-hybridized carbons (Fsp3) is 0.444. The molecule has 0 aromatic carbocycles. The summed E-state index contributed by atoms with van der Waals surface area (Å²) in [6, 6.07) is 1.82. The number of nitrogens with one attached hydrogen (secondary N) is 1. The molecule has 10 heteroatoms. The quantitative estimate of drug-likeness (QED) is 0.734. The van der Waals surface area contributed by atoms with Crippen LogP contribution in [0.15, 0.2) is 27.8 Å². The first-order valence-electron chi connectivity index (χ1n) is 8.82. The molecule has 0 bridgehead atoms. The van der Waals surface area contributed by atoms with Gasteiger partial charge in [-0.05, 0) is 49.2 Å². The average molecular weight is 468 g/mol. The van der Waals surface area contributed by atoms with E-state index in [4.69, 9.17) is 4.74 Å². The second-order valence-electron chi connectivity index (χ2n) is 7.33. The molecule has 0 atom stereocenters. The Bertz CT molecular complexity index is 867. The van der Waals surface area contributed by atoms with Crippen LogP contribution in [0.5, 0.6) is 0 Å². The van der Waals surface area contributed by atoms with Crippen molar-refractivity contribution in [3.05, 3.63) is 33.5 Å². The Hall–Kier alpha value is -2.20. The van der Waals surface area contributed by atoms with Crippen LogP contribution in [0.3, 0.4) is 0 Å². The number of hydrogen-bond donors (Lipinski definition) is 1. The standard InChI is InChI=1S/C18H22BrN5O3S/c1-18(2,3)27-17(26)24-8-4-7-23(11-24)14-5-6-20-9-12(14)21-15(25)13-10-28-16(19)22-13/h5-6,9-10H,4,7-8,11H2,1-3H3,(H,21,25). The van der Waals surface area contributed by atoms with Gasteiger partial charge in [-0.15, -0.1) is 11.3 Å². The first-order valence-corrected chi connectivity index (χ1v) is 10.5. The second-order valence-corrected chi connectivity index (χ2v) is 9.47. The van der Waals surface area contributed by atoms with Crippen molar-refractivity contribution in [3.63, 3.8) is 0 Å². The maximum absolute atomic E-state index is 12.5. The summed E-state index contributed by atoms with van der Waals surface area (Å²) in [5.41, 5.74) is 1.16. The summed E-state index contributed by atoms with van der Waals surface area (Å²) in [5, 5.41) is 4.55. The Morgan fingerprint density at radius 2 is 2.11 bits per heavy atom. The van der Waals surface area contributed by atoms with Crippen LogP contribution in [0.2, 0.25) is 0 Å². The number of carbonyl (C=O) groups excluding carboxylic acids is 2. The molecule has 0 saturated carbocycles. The molecule has 1 aliphatic rings. The number of halogens is 1. The number of hydrogen-bond acceptors (Lipinski definition) is 7. The number of aromatic nitrogens is 2. The SMILES string of the molecule is CC(C)(C)OC(=O)N1CCCN(c2ccncc2NC(=O)c2csc(Br)n2)C1. The first-order chi connectivity index (χ1) is 13.2. The monoisotopic (exact) mass is 467 g/mol. The molecule has 0 unspecified atom stereocenters. The van der Waals surface area contributed by atoms with Gasteiger partial charge in [0.25, 0.3) is 5.91 Å². The molecule has 1 saturated heterocycles. The average Bonchev–Trinajstić information content (AvgIpc) is 3.07. The summed E-state index contributed by atoms with van der Waals surface area (Å²) < 4.78 is 6.13. The van der Waals surface area contributed by atoms with Gasteiger partial charge in [0, 0.05) is 24.7 Å². The van der Waals surface area contributed by atoms with E-state index in [9.17, 15) is 9.59 Å². The predicted octanol–water partition coefficient (Wildman–Crippen LogP) is 3.96. The fourth-order valence-corrected chi connectivity index (χ4v) is 3.76. The number of anilines is 2. The third-order valence-electron chi connectivity index (χ3n) is 3.94. The minimum Gasteiger partial charge on any atom is -0.444 e. The number of thiazole rings is 1. The van der Waals surface area contributed by atoms with Crippen molar-refractivity contribution in [2.75, 3.05) is 30.0 Å². The Morgan fingerprint density at radius 3 is 2.79 bits per heavy atom. The lowest BCUT2D eigenvalue weighted by Gasteiger charge is -2.38. The van der Waals surface area contributed by atoms with Gasteiger partial charge in [-0.2, -0.15) is 0 Å². The summed E-state index contributed by atoms with van der Waals surface area (Å²) in [7, 11) is 0. The van der Waals surface area contributed by atoms with Crippen LogP contribution in [0.25, 0.3) is 0 Å². The molecule has 3 rings (SSSR count). The smallest absolute Gasteiger partial charge is 0.411 e.